The second-order valence-corrected chi connectivity index (χ2v) is 6.10. The van der Waals surface area contributed by atoms with Gasteiger partial charge in [0, 0.05) is 12.6 Å². The molecule has 0 amide bonds. The van der Waals surface area contributed by atoms with Crippen molar-refractivity contribution in [3.05, 3.63) is 35.0 Å². The van der Waals surface area contributed by atoms with E-state index in [-0.39, 0.29) is 5.41 Å². The molecule has 0 bridgehead atoms. The van der Waals surface area contributed by atoms with Crippen LogP contribution in [0.15, 0.2) is 18.2 Å². The molecule has 0 aliphatic heterocycles. The standard InChI is InChI=1S/C16H23N3/c1-10-9-12(16(3,4)5)7-8-13(10)15-14(17-6)11(2)18-19-15/h7-9,17H,1-6H3,(H,18,19). The highest BCUT2D eigenvalue weighted by Gasteiger charge is 2.17. The lowest BCUT2D eigenvalue weighted by Crippen LogP contribution is -2.11. The fourth-order valence-electron chi connectivity index (χ4n) is 2.33. The average molecular weight is 257 g/mol. The molecule has 0 fully saturated rings. The number of hydrogen-bond donors (Lipinski definition) is 2. The highest BCUT2D eigenvalue weighted by molar-refractivity contribution is 5.78. The predicted octanol–water partition coefficient (Wildman–Crippen LogP) is 4.03. The van der Waals surface area contributed by atoms with Crippen LogP contribution in [-0.2, 0) is 5.41 Å². The topological polar surface area (TPSA) is 40.7 Å². The quantitative estimate of drug-likeness (QED) is 0.852. The molecule has 2 rings (SSSR count). The minimum Gasteiger partial charge on any atom is -0.385 e. The van der Waals surface area contributed by atoms with Crippen molar-refractivity contribution in [3.63, 3.8) is 0 Å². The van der Waals surface area contributed by atoms with Gasteiger partial charge in [-0.15, -0.1) is 0 Å². The first-order valence-electron chi connectivity index (χ1n) is 6.69. The van der Waals surface area contributed by atoms with Crippen LogP contribution in [0.3, 0.4) is 0 Å². The van der Waals surface area contributed by atoms with E-state index in [9.17, 15) is 0 Å². The van der Waals surface area contributed by atoms with Gasteiger partial charge in [0.15, 0.2) is 0 Å². The van der Waals surface area contributed by atoms with Gasteiger partial charge in [0.2, 0.25) is 0 Å². The van der Waals surface area contributed by atoms with E-state index in [0.29, 0.717) is 0 Å². The number of H-pyrrole nitrogens is 1. The van der Waals surface area contributed by atoms with Gasteiger partial charge >= 0.3 is 0 Å². The Hall–Kier alpha value is -1.77. The van der Waals surface area contributed by atoms with Crippen molar-refractivity contribution in [1.29, 1.82) is 0 Å². The summed E-state index contributed by atoms with van der Waals surface area (Å²) in [6.45, 7) is 10.9. The second kappa shape index (κ2) is 4.72. The molecular weight excluding hydrogens is 234 g/mol. The maximum Gasteiger partial charge on any atom is 0.116 e. The van der Waals surface area contributed by atoms with Crippen LogP contribution in [0.2, 0.25) is 0 Å². The number of aromatic amines is 1. The molecule has 0 saturated heterocycles. The van der Waals surface area contributed by atoms with Crippen molar-refractivity contribution in [3.8, 4) is 11.3 Å². The first-order chi connectivity index (χ1) is 8.84. The number of nitrogens with one attached hydrogen (secondary N) is 2. The predicted molar refractivity (Wildman–Crippen MR) is 81.7 cm³/mol. The largest absolute Gasteiger partial charge is 0.385 e. The first-order valence-corrected chi connectivity index (χ1v) is 6.69. The van der Waals surface area contributed by atoms with Crippen molar-refractivity contribution >= 4 is 5.69 Å². The molecule has 0 saturated carbocycles. The van der Waals surface area contributed by atoms with Crippen molar-refractivity contribution in [1.82, 2.24) is 10.2 Å². The molecule has 0 unspecified atom stereocenters. The molecule has 3 nitrogen and oxygen atoms in total. The Kier molecular flexibility index (Phi) is 3.40. The molecule has 1 heterocycles. The summed E-state index contributed by atoms with van der Waals surface area (Å²) in [6, 6.07) is 6.64. The fourth-order valence-corrected chi connectivity index (χ4v) is 2.33. The van der Waals surface area contributed by atoms with Gasteiger partial charge in [-0.25, -0.2) is 0 Å². The van der Waals surface area contributed by atoms with Gasteiger partial charge in [-0.3, -0.25) is 5.10 Å². The Labute approximate surface area is 115 Å². The summed E-state index contributed by atoms with van der Waals surface area (Å²) in [5, 5.41) is 10.7. The number of aromatic nitrogens is 2. The smallest absolute Gasteiger partial charge is 0.116 e. The van der Waals surface area contributed by atoms with E-state index in [1.54, 1.807) is 0 Å². The fraction of sp³-hybridized carbons (Fsp3) is 0.438. The summed E-state index contributed by atoms with van der Waals surface area (Å²) in [5.74, 6) is 0. The third-order valence-electron chi connectivity index (χ3n) is 3.54. The number of rotatable bonds is 2. The molecule has 2 aromatic rings. The molecule has 0 aliphatic rings. The van der Waals surface area contributed by atoms with E-state index in [1.807, 2.05) is 14.0 Å². The Bertz CT molecular complexity index is 589. The number of hydrogen-bond acceptors (Lipinski definition) is 2. The van der Waals surface area contributed by atoms with E-state index in [0.717, 1.165) is 17.1 Å². The first kappa shape index (κ1) is 13.7. The lowest BCUT2D eigenvalue weighted by atomic mass is 9.85. The molecule has 0 spiro atoms. The summed E-state index contributed by atoms with van der Waals surface area (Å²) in [5.41, 5.74) is 7.11. The van der Waals surface area contributed by atoms with Gasteiger partial charge in [-0.2, -0.15) is 5.10 Å². The average Bonchev–Trinajstić information content (AvgIpc) is 2.69. The van der Waals surface area contributed by atoms with Gasteiger partial charge in [0.1, 0.15) is 5.69 Å². The normalized spacial score (nSPS) is 11.7. The van der Waals surface area contributed by atoms with E-state index >= 15 is 0 Å². The van der Waals surface area contributed by atoms with Crippen molar-refractivity contribution in [2.75, 3.05) is 12.4 Å². The van der Waals surface area contributed by atoms with E-state index in [2.05, 4.69) is 61.4 Å². The van der Waals surface area contributed by atoms with Crippen LogP contribution >= 0.6 is 0 Å². The lowest BCUT2D eigenvalue weighted by Gasteiger charge is -2.20. The van der Waals surface area contributed by atoms with Crippen LogP contribution in [0.5, 0.6) is 0 Å². The van der Waals surface area contributed by atoms with Gasteiger partial charge < -0.3 is 5.32 Å². The number of anilines is 1. The molecule has 102 valence electrons. The summed E-state index contributed by atoms with van der Waals surface area (Å²) in [7, 11) is 1.93. The van der Waals surface area contributed by atoms with Crippen molar-refractivity contribution < 1.29 is 0 Å². The molecule has 0 atom stereocenters. The van der Waals surface area contributed by atoms with Crippen LogP contribution in [0.25, 0.3) is 11.3 Å². The SMILES string of the molecule is CNc1c(-c2ccc(C(C)(C)C)cc2C)n[nH]c1C. The molecule has 3 heteroatoms. The van der Waals surface area contributed by atoms with Gasteiger partial charge in [-0.1, -0.05) is 39.0 Å². The molecule has 2 N–H and O–H groups in total. The van der Waals surface area contributed by atoms with Crippen LogP contribution in [0, 0.1) is 13.8 Å². The summed E-state index contributed by atoms with van der Waals surface area (Å²) in [6.07, 6.45) is 0. The Morgan fingerprint density at radius 3 is 2.37 bits per heavy atom. The minimum atomic E-state index is 0.177. The lowest BCUT2D eigenvalue weighted by molar-refractivity contribution is 0.590. The van der Waals surface area contributed by atoms with Crippen molar-refractivity contribution in [2.45, 2.75) is 40.0 Å². The van der Waals surface area contributed by atoms with Crippen molar-refractivity contribution in [2.24, 2.45) is 0 Å². The molecule has 1 aromatic heterocycles. The van der Waals surface area contributed by atoms with Crippen LogP contribution in [-0.4, -0.2) is 17.2 Å². The number of benzene rings is 1. The molecule has 1 aromatic carbocycles. The van der Waals surface area contributed by atoms with Gasteiger partial charge in [0.05, 0.1) is 11.4 Å². The van der Waals surface area contributed by atoms with Crippen LogP contribution < -0.4 is 5.32 Å². The Balaban J connectivity index is 2.52. The highest BCUT2D eigenvalue weighted by Crippen LogP contribution is 2.33. The summed E-state index contributed by atoms with van der Waals surface area (Å²) >= 11 is 0. The van der Waals surface area contributed by atoms with E-state index in [1.165, 1.54) is 16.7 Å². The molecule has 0 aliphatic carbocycles. The summed E-state index contributed by atoms with van der Waals surface area (Å²) < 4.78 is 0. The van der Waals surface area contributed by atoms with Gasteiger partial charge in [0.25, 0.3) is 0 Å². The molecular formula is C16H23N3. The monoisotopic (exact) mass is 257 g/mol. The zero-order valence-electron chi connectivity index (χ0n) is 12.7. The Morgan fingerprint density at radius 2 is 1.84 bits per heavy atom. The Morgan fingerprint density at radius 1 is 1.16 bits per heavy atom. The second-order valence-electron chi connectivity index (χ2n) is 6.10. The zero-order valence-corrected chi connectivity index (χ0v) is 12.7. The molecule has 0 radical (unpaired) electrons. The number of aryl methyl sites for hydroxylation is 2. The minimum absolute atomic E-state index is 0.177. The third kappa shape index (κ3) is 2.50. The third-order valence-corrected chi connectivity index (χ3v) is 3.54. The zero-order chi connectivity index (χ0) is 14.2. The maximum atomic E-state index is 4.42. The van der Waals surface area contributed by atoms with Crippen LogP contribution in [0.4, 0.5) is 5.69 Å². The molecule has 19 heavy (non-hydrogen) atoms. The van der Waals surface area contributed by atoms with E-state index in [4.69, 9.17) is 0 Å². The highest BCUT2D eigenvalue weighted by atomic mass is 15.1. The van der Waals surface area contributed by atoms with Gasteiger partial charge in [-0.05, 0) is 30.4 Å². The van der Waals surface area contributed by atoms with E-state index < -0.39 is 0 Å². The number of nitrogens with zero attached hydrogens (tertiary/aromatic N) is 1. The summed E-state index contributed by atoms with van der Waals surface area (Å²) in [4.78, 5) is 0. The van der Waals surface area contributed by atoms with Crippen LogP contribution in [0.1, 0.15) is 37.6 Å². The maximum absolute atomic E-state index is 4.42.